The van der Waals surface area contributed by atoms with Crippen LogP contribution in [0.25, 0.3) is 0 Å². The van der Waals surface area contributed by atoms with Crippen molar-refractivity contribution in [2.75, 3.05) is 50.7 Å². The van der Waals surface area contributed by atoms with Crippen LogP contribution < -0.4 is 4.90 Å². The average Bonchev–Trinajstić information content (AvgIpc) is 2.70. The molecule has 3 fully saturated rings. The first-order chi connectivity index (χ1) is 12.8. The molecule has 4 rings (SSSR count). The van der Waals surface area contributed by atoms with E-state index in [1.807, 2.05) is 12.1 Å². The molecule has 144 valence electrons. The van der Waals surface area contributed by atoms with Crippen LogP contribution in [0.15, 0.2) is 24.3 Å². The van der Waals surface area contributed by atoms with E-state index in [0.29, 0.717) is 0 Å². The Bertz CT molecular complexity index is 547. The molecule has 3 nitrogen and oxygen atoms in total. The van der Waals surface area contributed by atoms with Gasteiger partial charge >= 0.3 is 0 Å². The van der Waals surface area contributed by atoms with Crippen LogP contribution in [0.4, 0.5) is 10.1 Å². The van der Waals surface area contributed by atoms with E-state index in [0.717, 1.165) is 43.8 Å². The van der Waals surface area contributed by atoms with E-state index in [9.17, 15) is 4.39 Å². The van der Waals surface area contributed by atoms with Gasteiger partial charge in [0, 0.05) is 51.0 Å². The number of hydrogen-bond acceptors (Lipinski definition) is 3. The molecule has 0 aromatic heterocycles. The Hall–Kier alpha value is -1.13. The number of benzene rings is 1. The summed E-state index contributed by atoms with van der Waals surface area (Å²) in [6, 6.07) is 7.72. The van der Waals surface area contributed by atoms with Gasteiger partial charge in [0.15, 0.2) is 0 Å². The molecule has 1 aromatic carbocycles. The Kier molecular flexibility index (Phi) is 6.11. The van der Waals surface area contributed by atoms with Crippen LogP contribution in [0.5, 0.6) is 0 Å². The molecule has 0 amide bonds. The Labute approximate surface area is 158 Å². The lowest BCUT2D eigenvalue weighted by Gasteiger charge is -2.44. The molecule has 2 saturated heterocycles. The lowest BCUT2D eigenvalue weighted by Crippen LogP contribution is -2.55. The van der Waals surface area contributed by atoms with Gasteiger partial charge in [-0.3, -0.25) is 4.90 Å². The molecule has 0 spiro atoms. The zero-order valence-electron chi connectivity index (χ0n) is 16.1. The molecule has 0 N–H and O–H groups in total. The molecule has 4 heteroatoms. The molecule has 26 heavy (non-hydrogen) atoms. The second kappa shape index (κ2) is 8.71. The van der Waals surface area contributed by atoms with Crippen molar-refractivity contribution in [2.24, 2.45) is 5.92 Å². The molecule has 2 heterocycles. The maximum Gasteiger partial charge on any atom is 0.123 e. The molecule has 1 saturated carbocycles. The summed E-state index contributed by atoms with van der Waals surface area (Å²) in [5.41, 5.74) is 1.16. The fourth-order valence-corrected chi connectivity index (χ4v) is 5.23. The summed E-state index contributed by atoms with van der Waals surface area (Å²) in [7, 11) is 0. The van der Waals surface area contributed by atoms with Crippen molar-refractivity contribution >= 4 is 5.69 Å². The van der Waals surface area contributed by atoms with Crippen LogP contribution in [0.3, 0.4) is 0 Å². The smallest absolute Gasteiger partial charge is 0.123 e. The number of nitrogens with zero attached hydrogens (tertiary/aromatic N) is 3. The summed E-state index contributed by atoms with van der Waals surface area (Å²) in [5, 5.41) is 0. The molecule has 1 aromatic rings. The van der Waals surface area contributed by atoms with Gasteiger partial charge in [-0.2, -0.15) is 0 Å². The fraction of sp³-hybridized carbons (Fsp3) is 0.727. The highest BCUT2D eigenvalue weighted by Gasteiger charge is 2.29. The average molecular weight is 360 g/mol. The summed E-state index contributed by atoms with van der Waals surface area (Å²) >= 11 is 0. The molecular formula is C22H34FN3. The van der Waals surface area contributed by atoms with Gasteiger partial charge in [0.1, 0.15) is 5.82 Å². The van der Waals surface area contributed by atoms with Crippen molar-refractivity contribution in [3.63, 3.8) is 0 Å². The van der Waals surface area contributed by atoms with Crippen molar-refractivity contribution in [1.29, 1.82) is 0 Å². The number of halogens is 1. The highest BCUT2D eigenvalue weighted by Crippen LogP contribution is 2.27. The summed E-state index contributed by atoms with van der Waals surface area (Å²) in [4.78, 5) is 7.88. The number of piperazine rings is 1. The number of piperidine rings is 1. The van der Waals surface area contributed by atoms with Crippen molar-refractivity contribution in [1.82, 2.24) is 9.80 Å². The summed E-state index contributed by atoms with van der Waals surface area (Å²) in [5.74, 6) is 0.811. The Morgan fingerprint density at radius 2 is 1.54 bits per heavy atom. The first-order valence-corrected chi connectivity index (χ1v) is 10.7. The summed E-state index contributed by atoms with van der Waals surface area (Å²) < 4.78 is 13.1. The lowest BCUT2D eigenvalue weighted by atomic mass is 9.88. The summed E-state index contributed by atoms with van der Waals surface area (Å²) in [6.45, 7) is 8.32. The molecular weight excluding hydrogens is 325 g/mol. The molecule has 1 aliphatic carbocycles. The number of likely N-dealkylation sites (tertiary alicyclic amines) is 1. The quantitative estimate of drug-likeness (QED) is 0.805. The van der Waals surface area contributed by atoms with E-state index < -0.39 is 0 Å². The maximum absolute atomic E-state index is 13.1. The van der Waals surface area contributed by atoms with Gasteiger partial charge < -0.3 is 9.80 Å². The third kappa shape index (κ3) is 4.58. The predicted octanol–water partition coefficient (Wildman–Crippen LogP) is 3.99. The first kappa shape index (κ1) is 18.2. The molecule has 2 aliphatic heterocycles. The Balaban J connectivity index is 1.26. The molecule has 0 radical (unpaired) electrons. The normalized spacial score (nSPS) is 27.0. The van der Waals surface area contributed by atoms with Crippen molar-refractivity contribution < 1.29 is 4.39 Å². The van der Waals surface area contributed by atoms with Crippen LogP contribution in [0, 0.1) is 11.7 Å². The number of anilines is 1. The SMILES string of the molecule is Fc1ccc(N2CCN(C3CCCN(CC4CCCCC4)C3)CC2)cc1. The van der Waals surface area contributed by atoms with Crippen LogP contribution >= 0.6 is 0 Å². The minimum atomic E-state index is -0.146. The van der Waals surface area contributed by atoms with Gasteiger partial charge in [0.2, 0.25) is 0 Å². The minimum Gasteiger partial charge on any atom is -0.369 e. The number of rotatable bonds is 4. The van der Waals surface area contributed by atoms with Crippen molar-refractivity contribution in [2.45, 2.75) is 51.0 Å². The Morgan fingerprint density at radius 3 is 2.27 bits per heavy atom. The molecule has 3 aliphatic rings. The van der Waals surface area contributed by atoms with Crippen LogP contribution in [-0.4, -0.2) is 61.7 Å². The van der Waals surface area contributed by atoms with Crippen LogP contribution in [-0.2, 0) is 0 Å². The van der Waals surface area contributed by atoms with Gasteiger partial charge in [0.05, 0.1) is 0 Å². The molecule has 1 atom stereocenters. The van der Waals surface area contributed by atoms with E-state index in [2.05, 4.69) is 14.7 Å². The molecule has 1 unspecified atom stereocenters. The van der Waals surface area contributed by atoms with E-state index >= 15 is 0 Å². The van der Waals surface area contributed by atoms with Crippen molar-refractivity contribution in [3.8, 4) is 0 Å². The standard InChI is InChI=1S/C22H34FN3/c23-20-8-10-21(11-9-20)25-13-15-26(16-14-25)22-7-4-12-24(18-22)17-19-5-2-1-3-6-19/h8-11,19,22H,1-7,12-18H2. The van der Waals surface area contributed by atoms with Gasteiger partial charge in [0.25, 0.3) is 0 Å². The monoisotopic (exact) mass is 359 g/mol. The predicted molar refractivity (Wildman–Crippen MR) is 106 cm³/mol. The third-order valence-electron chi connectivity index (χ3n) is 6.74. The number of hydrogen-bond donors (Lipinski definition) is 0. The van der Waals surface area contributed by atoms with E-state index in [1.54, 1.807) is 12.1 Å². The zero-order chi connectivity index (χ0) is 17.8. The first-order valence-electron chi connectivity index (χ1n) is 10.7. The summed E-state index contributed by atoms with van der Waals surface area (Å²) in [6.07, 6.45) is 9.99. The van der Waals surface area contributed by atoms with Crippen LogP contribution in [0.1, 0.15) is 44.9 Å². The molecule has 0 bridgehead atoms. The topological polar surface area (TPSA) is 9.72 Å². The highest BCUT2D eigenvalue weighted by molar-refractivity contribution is 5.46. The van der Waals surface area contributed by atoms with E-state index in [1.165, 1.54) is 64.6 Å². The third-order valence-corrected chi connectivity index (χ3v) is 6.74. The van der Waals surface area contributed by atoms with Crippen LogP contribution in [0.2, 0.25) is 0 Å². The van der Waals surface area contributed by atoms with Gasteiger partial charge in [-0.1, -0.05) is 19.3 Å². The Morgan fingerprint density at radius 1 is 0.808 bits per heavy atom. The van der Waals surface area contributed by atoms with E-state index in [-0.39, 0.29) is 5.82 Å². The van der Waals surface area contributed by atoms with E-state index in [4.69, 9.17) is 0 Å². The fourth-order valence-electron chi connectivity index (χ4n) is 5.23. The van der Waals surface area contributed by atoms with Gasteiger partial charge in [-0.15, -0.1) is 0 Å². The van der Waals surface area contributed by atoms with Gasteiger partial charge in [-0.05, 0) is 62.4 Å². The second-order valence-electron chi connectivity index (χ2n) is 8.56. The lowest BCUT2D eigenvalue weighted by molar-refractivity contribution is 0.0787. The second-order valence-corrected chi connectivity index (χ2v) is 8.56. The van der Waals surface area contributed by atoms with Crippen molar-refractivity contribution in [3.05, 3.63) is 30.1 Å². The largest absolute Gasteiger partial charge is 0.369 e. The highest BCUT2D eigenvalue weighted by atomic mass is 19.1. The zero-order valence-corrected chi connectivity index (χ0v) is 16.1. The minimum absolute atomic E-state index is 0.146. The maximum atomic E-state index is 13.1. The van der Waals surface area contributed by atoms with Gasteiger partial charge in [-0.25, -0.2) is 4.39 Å².